The second-order valence-corrected chi connectivity index (χ2v) is 4.17. The first kappa shape index (κ1) is 11.5. The van der Waals surface area contributed by atoms with Crippen molar-refractivity contribution in [1.29, 1.82) is 0 Å². The Balaban J connectivity index is 2.35. The summed E-state index contributed by atoms with van der Waals surface area (Å²) in [6, 6.07) is 13.4. The Kier molecular flexibility index (Phi) is 2.76. The van der Waals surface area contributed by atoms with Crippen molar-refractivity contribution >= 4 is 10.9 Å². The summed E-state index contributed by atoms with van der Waals surface area (Å²) in [5, 5.41) is 0.558. The Labute approximate surface area is 109 Å². The van der Waals surface area contributed by atoms with Gasteiger partial charge < -0.3 is 9.72 Å². The largest absolute Gasteiger partial charge is 0.496 e. The number of rotatable bonds is 2. The first-order valence-electron chi connectivity index (χ1n) is 5.90. The molecule has 3 rings (SSSR count). The summed E-state index contributed by atoms with van der Waals surface area (Å²) < 4.78 is 5.40. The predicted octanol–water partition coefficient (Wildman–Crippen LogP) is 2.60. The number of aromatic nitrogens is 2. The third-order valence-electron chi connectivity index (χ3n) is 3.05. The molecule has 1 N–H and O–H groups in total. The van der Waals surface area contributed by atoms with E-state index in [-0.39, 0.29) is 5.56 Å². The zero-order valence-corrected chi connectivity index (χ0v) is 10.4. The van der Waals surface area contributed by atoms with Gasteiger partial charge in [0, 0.05) is 11.6 Å². The predicted molar refractivity (Wildman–Crippen MR) is 74.4 cm³/mol. The van der Waals surface area contributed by atoms with Crippen LogP contribution in [-0.4, -0.2) is 17.1 Å². The summed E-state index contributed by atoms with van der Waals surface area (Å²) >= 11 is 0. The molecule has 0 saturated heterocycles. The van der Waals surface area contributed by atoms with Crippen molar-refractivity contribution < 1.29 is 4.74 Å². The van der Waals surface area contributed by atoms with E-state index in [1.54, 1.807) is 13.2 Å². The Bertz CT molecular complexity index is 779. The van der Waals surface area contributed by atoms with Gasteiger partial charge in [0.1, 0.15) is 5.75 Å². The fourth-order valence-electron chi connectivity index (χ4n) is 2.11. The van der Waals surface area contributed by atoms with E-state index in [9.17, 15) is 4.79 Å². The number of nitrogens with zero attached hydrogens (tertiary/aromatic N) is 1. The van der Waals surface area contributed by atoms with Gasteiger partial charge in [0.25, 0.3) is 5.56 Å². The lowest BCUT2D eigenvalue weighted by molar-refractivity contribution is 0.417. The van der Waals surface area contributed by atoms with Crippen LogP contribution in [0.25, 0.3) is 22.0 Å². The van der Waals surface area contributed by atoms with E-state index in [0.717, 1.165) is 11.1 Å². The lowest BCUT2D eigenvalue weighted by atomic mass is 10.0. The molecule has 1 aromatic heterocycles. The van der Waals surface area contributed by atoms with Crippen molar-refractivity contribution in [3.63, 3.8) is 0 Å². The van der Waals surface area contributed by atoms with Crippen molar-refractivity contribution in [1.82, 2.24) is 9.97 Å². The van der Waals surface area contributed by atoms with Gasteiger partial charge in [-0.05, 0) is 11.6 Å². The molecule has 0 fully saturated rings. The molecule has 0 bridgehead atoms. The quantitative estimate of drug-likeness (QED) is 0.762. The second kappa shape index (κ2) is 4.57. The van der Waals surface area contributed by atoms with E-state index in [2.05, 4.69) is 9.97 Å². The Morgan fingerprint density at radius 3 is 2.68 bits per heavy atom. The number of H-pyrrole nitrogens is 1. The van der Waals surface area contributed by atoms with Crippen molar-refractivity contribution in [3.05, 3.63) is 59.1 Å². The number of ether oxygens (including phenoxy) is 1. The highest BCUT2D eigenvalue weighted by Crippen LogP contribution is 2.32. The first-order valence-corrected chi connectivity index (χ1v) is 5.90. The highest BCUT2D eigenvalue weighted by Gasteiger charge is 2.10. The average molecular weight is 252 g/mol. The van der Waals surface area contributed by atoms with Gasteiger partial charge in [0.2, 0.25) is 0 Å². The minimum atomic E-state index is -0.148. The Hall–Kier alpha value is -2.62. The molecule has 4 heteroatoms. The van der Waals surface area contributed by atoms with Gasteiger partial charge in [0.15, 0.2) is 0 Å². The molecule has 0 aliphatic carbocycles. The highest BCUT2D eigenvalue weighted by atomic mass is 16.5. The molecule has 0 amide bonds. The van der Waals surface area contributed by atoms with Gasteiger partial charge in [0.05, 0.1) is 24.3 Å². The van der Waals surface area contributed by atoms with Crippen LogP contribution in [0.5, 0.6) is 5.75 Å². The van der Waals surface area contributed by atoms with Crippen LogP contribution in [0.4, 0.5) is 0 Å². The summed E-state index contributed by atoms with van der Waals surface area (Å²) in [6.07, 6.45) is 1.40. The van der Waals surface area contributed by atoms with Crippen molar-refractivity contribution in [3.8, 4) is 16.9 Å². The van der Waals surface area contributed by atoms with E-state index in [1.807, 2.05) is 36.4 Å². The number of methoxy groups -OCH3 is 1. The topological polar surface area (TPSA) is 55.0 Å². The second-order valence-electron chi connectivity index (χ2n) is 4.17. The van der Waals surface area contributed by atoms with E-state index >= 15 is 0 Å². The molecule has 0 aliphatic heterocycles. The highest BCUT2D eigenvalue weighted by molar-refractivity contribution is 5.87. The average Bonchev–Trinajstić information content (AvgIpc) is 2.47. The lowest BCUT2D eigenvalue weighted by Gasteiger charge is -2.09. The van der Waals surface area contributed by atoms with E-state index in [4.69, 9.17) is 4.74 Å². The number of hydrogen-bond acceptors (Lipinski definition) is 3. The molecule has 3 aromatic rings. The van der Waals surface area contributed by atoms with Crippen LogP contribution in [0.3, 0.4) is 0 Å². The summed E-state index contributed by atoms with van der Waals surface area (Å²) in [4.78, 5) is 18.6. The maximum atomic E-state index is 11.8. The van der Waals surface area contributed by atoms with Crippen LogP contribution < -0.4 is 10.3 Å². The number of benzene rings is 2. The van der Waals surface area contributed by atoms with Crippen molar-refractivity contribution in [2.24, 2.45) is 0 Å². The molecule has 0 saturated carbocycles. The Morgan fingerprint density at radius 1 is 1.16 bits per heavy atom. The fraction of sp³-hybridized carbons (Fsp3) is 0.0667. The van der Waals surface area contributed by atoms with Crippen LogP contribution >= 0.6 is 0 Å². The van der Waals surface area contributed by atoms with Crippen LogP contribution in [0.1, 0.15) is 0 Å². The lowest BCUT2D eigenvalue weighted by Crippen LogP contribution is -2.06. The molecule has 1 heterocycles. The number of hydrogen-bond donors (Lipinski definition) is 1. The molecule has 2 aromatic carbocycles. The minimum Gasteiger partial charge on any atom is -0.496 e. The van der Waals surface area contributed by atoms with Gasteiger partial charge in [-0.25, -0.2) is 4.98 Å². The molecular weight excluding hydrogens is 240 g/mol. The van der Waals surface area contributed by atoms with Gasteiger partial charge in [-0.1, -0.05) is 30.3 Å². The molecule has 19 heavy (non-hydrogen) atoms. The summed E-state index contributed by atoms with van der Waals surface area (Å²) in [7, 11) is 1.61. The third kappa shape index (κ3) is 1.97. The standard InChI is InChI=1S/C15H12N2O2/c1-19-14-8-13-12(15(18)17-9-16-13)7-11(14)10-5-3-2-4-6-10/h2-9H,1H3,(H,16,17,18). The molecule has 0 spiro atoms. The van der Waals surface area contributed by atoms with Crippen LogP contribution in [0.15, 0.2) is 53.6 Å². The third-order valence-corrected chi connectivity index (χ3v) is 3.05. The number of aromatic amines is 1. The summed E-state index contributed by atoms with van der Waals surface area (Å²) in [5.41, 5.74) is 2.36. The Morgan fingerprint density at radius 2 is 1.95 bits per heavy atom. The molecule has 0 unspecified atom stereocenters. The molecule has 0 radical (unpaired) electrons. The maximum absolute atomic E-state index is 11.8. The number of nitrogens with one attached hydrogen (secondary N) is 1. The smallest absolute Gasteiger partial charge is 0.258 e. The van der Waals surface area contributed by atoms with Crippen molar-refractivity contribution in [2.75, 3.05) is 7.11 Å². The molecule has 94 valence electrons. The molecular formula is C15H12N2O2. The van der Waals surface area contributed by atoms with Crippen molar-refractivity contribution in [2.45, 2.75) is 0 Å². The van der Waals surface area contributed by atoms with Gasteiger partial charge >= 0.3 is 0 Å². The van der Waals surface area contributed by atoms with Crippen LogP contribution in [0, 0.1) is 0 Å². The monoisotopic (exact) mass is 252 g/mol. The van der Waals surface area contributed by atoms with E-state index in [0.29, 0.717) is 16.7 Å². The maximum Gasteiger partial charge on any atom is 0.258 e. The molecule has 4 nitrogen and oxygen atoms in total. The number of fused-ring (bicyclic) bond motifs is 1. The first-order chi connectivity index (χ1) is 9.29. The van der Waals surface area contributed by atoms with Gasteiger partial charge in [-0.3, -0.25) is 4.79 Å². The van der Waals surface area contributed by atoms with Crippen LogP contribution in [-0.2, 0) is 0 Å². The van der Waals surface area contributed by atoms with Crippen LogP contribution in [0.2, 0.25) is 0 Å². The zero-order valence-electron chi connectivity index (χ0n) is 10.4. The minimum absolute atomic E-state index is 0.148. The fourth-order valence-corrected chi connectivity index (χ4v) is 2.11. The molecule has 0 aliphatic rings. The van der Waals surface area contributed by atoms with Gasteiger partial charge in [-0.2, -0.15) is 0 Å². The van der Waals surface area contributed by atoms with Gasteiger partial charge in [-0.15, -0.1) is 0 Å². The zero-order chi connectivity index (χ0) is 13.2. The SMILES string of the molecule is COc1cc2nc[nH]c(=O)c2cc1-c1ccccc1. The molecule has 0 atom stereocenters. The summed E-state index contributed by atoms with van der Waals surface area (Å²) in [6.45, 7) is 0. The summed E-state index contributed by atoms with van der Waals surface area (Å²) in [5.74, 6) is 0.705. The normalized spacial score (nSPS) is 10.6. The van der Waals surface area contributed by atoms with E-state index < -0.39 is 0 Å². The van der Waals surface area contributed by atoms with E-state index in [1.165, 1.54) is 6.33 Å².